The number of rotatable bonds is 6. The SMILES string of the molecule is CC(=O)c1c(C)[nH]c(C(=O)COC(=O)[C@H](C)N2C(=O)c3ccccc3C2=O)c1C. The molecule has 0 unspecified atom stereocenters. The lowest BCUT2D eigenvalue weighted by Gasteiger charge is -2.20. The summed E-state index contributed by atoms with van der Waals surface area (Å²) >= 11 is 0. The van der Waals surface area contributed by atoms with Crippen LogP contribution in [0, 0.1) is 13.8 Å². The summed E-state index contributed by atoms with van der Waals surface area (Å²) < 4.78 is 5.05. The second-order valence-electron chi connectivity index (χ2n) is 6.91. The number of aryl methyl sites for hydroxylation is 1. The highest BCUT2D eigenvalue weighted by Gasteiger charge is 2.41. The Labute approximate surface area is 166 Å². The van der Waals surface area contributed by atoms with Crippen LogP contribution in [0.2, 0.25) is 0 Å². The van der Waals surface area contributed by atoms with Gasteiger partial charge in [-0.2, -0.15) is 0 Å². The molecule has 1 aromatic heterocycles. The van der Waals surface area contributed by atoms with E-state index in [0.29, 0.717) is 16.8 Å². The number of Topliss-reactive ketones (excluding diaryl/α,β-unsaturated/α-hetero) is 2. The van der Waals surface area contributed by atoms with E-state index in [0.717, 1.165) is 4.90 Å². The average Bonchev–Trinajstić information content (AvgIpc) is 3.12. The monoisotopic (exact) mass is 396 g/mol. The number of carbonyl (C=O) groups excluding carboxylic acids is 5. The Morgan fingerprint density at radius 2 is 1.62 bits per heavy atom. The van der Waals surface area contributed by atoms with Gasteiger partial charge in [0.2, 0.25) is 5.78 Å². The van der Waals surface area contributed by atoms with Crippen molar-refractivity contribution in [2.75, 3.05) is 6.61 Å². The van der Waals surface area contributed by atoms with Crippen molar-refractivity contribution in [3.8, 4) is 0 Å². The number of esters is 1. The normalized spacial score (nSPS) is 14.0. The van der Waals surface area contributed by atoms with Crippen LogP contribution < -0.4 is 0 Å². The molecule has 150 valence electrons. The van der Waals surface area contributed by atoms with Crippen molar-refractivity contribution in [3.63, 3.8) is 0 Å². The second-order valence-corrected chi connectivity index (χ2v) is 6.91. The summed E-state index contributed by atoms with van der Waals surface area (Å²) in [6.45, 7) is 5.51. The third kappa shape index (κ3) is 3.37. The van der Waals surface area contributed by atoms with Crippen molar-refractivity contribution in [2.45, 2.75) is 33.7 Å². The molecule has 1 aliphatic rings. The summed E-state index contributed by atoms with van der Waals surface area (Å²) in [6, 6.07) is 5.10. The molecule has 0 aliphatic carbocycles. The predicted octanol–water partition coefficient (Wildman–Crippen LogP) is 2.24. The number of imide groups is 1. The highest BCUT2D eigenvalue weighted by atomic mass is 16.5. The Balaban J connectivity index is 1.70. The minimum Gasteiger partial charge on any atom is -0.456 e. The minimum absolute atomic E-state index is 0.174. The molecule has 0 radical (unpaired) electrons. The van der Waals surface area contributed by atoms with E-state index in [9.17, 15) is 24.0 Å². The summed E-state index contributed by atoms with van der Waals surface area (Å²) in [5.74, 6) is -2.72. The Hall–Kier alpha value is -3.55. The fourth-order valence-electron chi connectivity index (χ4n) is 3.55. The number of fused-ring (bicyclic) bond motifs is 1. The van der Waals surface area contributed by atoms with Crippen LogP contribution in [0.1, 0.15) is 66.7 Å². The third-order valence-corrected chi connectivity index (χ3v) is 4.97. The first-order valence-corrected chi connectivity index (χ1v) is 9.02. The Bertz CT molecular complexity index is 1030. The maximum absolute atomic E-state index is 12.5. The van der Waals surface area contributed by atoms with Gasteiger partial charge in [-0.1, -0.05) is 12.1 Å². The van der Waals surface area contributed by atoms with E-state index >= 15 is 0 Å². The van der Waals surface area contributed by atoms with E-state index in [-0.39, 0.29) is 22.6 Å². The van der Waals surface area contributed by atoms with Crippen LogP contribution in [0.4, 0.5) is 0 Å². The van der Waals surface area contributed by atoms with Crippen LogP contribution in [-0.2, 0) is 9.53 Å². The number of H-pyrrole nitrogens is 1. The van der Waals surface area contributed by atoms with Crippen LogP contribution in [0.15, 0.2) is 24.3 Å². The summed E-state index contributed by atoms with van der Waals surface area (Å²) in [6.07, 6.45) is 0. The molecular formula is C21H20N2O6. The van der Waals surface area contributed by atoms with Gasteiger partial charge in [0.1, 0.15) is 6.04 Å². The number of carbonyl (C=O) groups is 5. The number of nitrogens with one attached hydrogen (secondary N) is 1. The molecule has 29 heavy (non-hydrogen) atoms. The first-order chi connectivity index (χ1) is 13.6. The van der Waals surface area contributed by atoms with E-state index in [4.69, 9.17) is 4.74 Å². The van der Waals surface area contributed by atoms with Gasteiger partial charge in [-0.25, -0.2) is 4.79 Å². The number of hydrogen-bond donors (Lipinski definition) is 1. The molecule has 2 amide bonds. The fourth-order valence-corrected chi connectivity index (χ4v) is 3.55. The lowest BCUT2D eigenvalue weighted by atomic mass is 10.1. The number of benzene rings is 1. The van der Waals surface area contributed by atoms with E-state index in [2.05, 4.69) is 4.98 Å². The zero-order valence-corrected chi connectivity index (χ0v) is 16.5. The fraction of sp³-hybridized carbons (Fsp3) is 0.286. The van der Waals surface area contributed by atoms with Gasteiger partial charge in [0, 0.05) is 11.3 Å². The van der Waals surface area contributed by atoms with E-state index < -0.39 is 36.2 Å². The number of hydrogen-bond acceptors (Lipinski definition) is 6. The van der Waals surface area contributed by atoms with Gasteiger partial charge in [-0.3, -0.25) is 24.1 Å². The smallest absolute Gasteiger partial charge is 0.329 e. The molecule has 0 fully saturated rings. The summed E-state index contributed by atoms with van der Waals surface area (Å²) in [4.78, 5) is 65.1. The van der Waals surface area contributed by atoms with Gasteiger partial charge in [-0.15, -0.1) is 0 Å². The largest absolute Gasteiger partial charge is 0.456 e. The Morgan fingerprint density at radius 3 is 2.10 bits per heavy atom. The second kappa shape index (κ2) is 7.46. The van der Waals surface area contributed by atoms with Crippen LogP contribution in [0.5, 0.6) is 0 Å². The molecule has 2 aromatic rings. The van der Waals surface area contributed by atoms with Crippen LogP contribution >= 0.6 is 0 Å². The first-order valence-electron chi connectivity index (χ1n) is 9.02. The standard InChI is InChI=1S/C21H20N2O6/c1-10-17(13(4)24)11(2)22-18(10)16(25)9-29-21(28)12(3)23-19(26)14-7-5-6-8-15(14)20(23)27/h5-8,12,22H,9H2,1-4H3/t12-/m0/s1. The lowest BCUT2D eigenvalue weighted by molar-refractivity contribution is -0.146. The van der Waals surface area contributed by atoms with E-state index in [1.54, 1.807) is 26.0 Å². The molecule has 1 aliphatic heterocycles. The zero-order chi connectivity index (χ0) is 21.5. The van der Waals surface area contributed by atoms with Crippen molar-refractivity contribution in [1.29, 1.82) is 0 Å². The number of ether oxygens (including phenoxy) is 1. The lowest BCUT2D eigenvalue weighted by Crippen LogP contribution is -2.44. The highest BCUT2D eigenvalue weighted by molar-refractivity contribution is 6.22. The zero-order valence-electron chi connectivity index (χ0n) is 16.5. The predicted molar refractivity (Wildman–Crippen MR) is 102 cm³/mol. The third-order valence-electron chi connectivity index (χ3n) is 4.97. The van der Waals surface area contributed by atoms with Crippen molar-refractivity contribution < 1.29 is 28.7 Å². The summed E-state index contributed by atoms with van der Waals surface area (Å²) in [5.41, 5.74) is 2.12. The van der Waals surface area contributed by atoms with Gasteiger partial charge in [0.05, 0.1) is 16.8 Å². The molecule has 1 aromatic carbocycles. The molecule has 2 heterocycles. The van der Waals surface area contributed by atoms with Gasteiger partial charge in [-0.05, 0) is 45.4 Å². The molecular weight excluding hydrogens is 376 g/mol. The van der Waals surface area contributed by atoms with Gasteiger partial charge < -0.3 is 9.72 Å². The quantitative estimate of drug-likeness (QED) is 0.455. The summed E-state index contributed by atoms with van der Waals surface area (Å²) in [7, 11) is 0. The van der Waals surface area contributed by atoms with Crippen LogP contribution in [0.3, 0.4) is 0 Å². The van der Waals surface area contributed by atoms with Crippen LogP contribution in [0.25, 0.3) is 0 Å². The topological polar surface area (TPSA) is 114 Å². The molecule has 8 nitrogen and oxygen atoms in total. The van der Waals surface area contributed by atoms with E-state index in [1.165, 1.54) is 26.0 Å². The van der Waals surface area contributed by atoms with Crippen molar-refractivity contribution >= 4 is 29.4 Å². The highest BCUT2D eigenvalue weighted by Crippen LogP contribution is 2.25. The van der Waals surface area contributed by atoms with Gasteiger partial charge in [0.15, 0.2) is 12.4 Å². The number of amides is 2. The maximum Gasteiger partial charge on any atom is 0.329 e. The van der Waals surface area contributed by atoms with Crippen molar-refractivity contribution in [3.05, 3.63) is 57.9 Å². The molecule has 1 N–H and O–H groups in total. The average molecular weight is 396 g/mol. The molecule has 3 rings (SSSR count). The van der Waals surface area contributed by atoms with Crippen LogP contribution in [-0.4, -0.2) is 51.9 Å². The van der Waals surface area contributed by atoms with Crippen molar-refractivity contribution in [1.82, 2.24) is 9.88 Å². The molecule has 0 saturated heterocycles. The van der Waals surface area contributed by atoms with Crippen molar-refractivity contribution in [2.24, 2.45) is 0 Å². The van der Waals surface area contributed by atoms with E-state index in [1.807, 2.05) is 0 Å². The number of aromatic nitrogens is 1. The number of nitrogens with zero attached hydrogens (tertiary/aromatic N) is 1. The molecule has 8 heteroatoms. The molecule has 0 saturated carbocycles. The van der Waals surface area contributed by atoms with Gasteiger partial charge >= 0.3 is 5.97 Å². The molecule has 0 spiro atoms. The number of aromatic amines is 1. The molecule has 1 atom stereocenters. The Morgan fingerprint density at radius 1 is 1.07 bits per heavy atom. The Kier molecular flexibility index (Phi) is 5.19. The minimum atomic E-state index is -1.19. The molecule has 0 bridgehead atoms. The number of ketones is 2. The van der Waals surface area contributed by atoms with Gasteiger partial charge in [0.25, 0.3) is 11.8 Å². The maximum atomic E-state index is 12.5. The first kappa shape index (κ1) is 20.2. The summed E-state index contributed by atoms with van der Waals surface area (Å²) in [5, 5.41) is 0.